The van der Waals surface area contributed by atoms with Crippen molar-refractivity contribution in [3.8, 4) is 0 Å². The summed E-state index contributed by atoms with van der Waals surface area (Å²) in [4.78, 5) is 4.54. The zero-order valence-corrected chi connectivity index (χ0v) is 10.5. The summed E-state index contributed by atoms with van der Waals surface area (Å²) in [6, 6.07) is 6.14. The lowest BCUT2D eigenvalue weighted by Crippen LogP contribution is -2.06. The number of imidazole rings is 1. The number of benzene rings is 1. The van der Waals surface area contributed by atoms with Crippen molar-refractivity contribution in [2.45, 2.75) is 26.5 Å². The Bertz CT molecular complexity index is 505. The fraction of sp³-hybridized carbons (Fsp3) is 0.417. The first-order valence-corrected chi connectivity index (χ1v) is 5.66. The van der Waals surface area contributed by atoms with Crippen LogP contribution in [0.3, 0.4) is 0 Å². The predicted molar refractivity (Wildman–Crippen MR) is 65.8 cm³/mol. The molecule has 2 rings (SSSR count). The average molecular weight is 239 g/mol. The van der Waals surface area contributed by atoms with Gasteiger partial charge in [0.25, 0.3) is 0 Å². The van der Waals surface area contributed by atoms with E-state index < -0.39 is 0 Å². The minimum absolute atomic E-state index is 0.358. The van der Waals surface area contributed by atoms with Gasteiger partial charge in [0.2, 0.25) is 0 Å². The molecule has 3 nitrogen and oxygen atoms in total. The van der Waals surface area contributed by atoms with Gasteiger partial charge in [-0.05, 0) is 32.0 Å². The molecule has 2 aromatic rings. The fourth-order valence-corrected chi connectivity index (χ4v) is 2.10. The summed E-state index contributed by atoms with van der Waals surface area (Å²) in [5, 5.41) is 0.713. The molecule has 0 aliphatic carbocycles. The first kappa shape index (κ1) is 11.4. The summed E-state index contributed by atoms with van der Waals surface area (Å²) in [7, 11) is 1.68. The molecule has 0 aliphatic rings. The zero-order chi connectivity index (χ0) is 11.7. The molecule has 0 aliphatic heterocycles. The molecule has 1 aromatic carbocycles. The Kier molecular flexibility index (Phi) is 3.17. The summed E-state index contributed by atoms with van der Waals surface area (Å²) in [5.41, 5.74) is 2.03. The van der Waals surface area contributed by atoms with Crippen LogP contribution in [0.2, 0.25) is 5.02 Å². The van der Waals surface area contributed by atoms with Gasteiger partial charge in [0.05, 0.1) is 11.0 Å². The molecule has 0 saturated heterocycles. The van der Waals surface area contributed by atoms with E-state index in [1.54, 1.807) is 7.11 Å². The number of halogens is 1. The van der Waals surface area contributed by atoms with Gasteiger partial charge in [-0.25, -0.2) is 4.98 Å². The Labute approximate surface area is 100.0 Å². The lowest BCUT2D eigenvalue weighted by molar-refractivity contribution is 0.173. The van der Waals surface area contributed by atoms with Gasteiger partial charge in [0, 0.05) is 18.2 Å². The Morgan fingerprint density at radius 1 is 1.44 bits per heavy atom. The molecule has 0 spiro atoms. The monoisotopic (exact) mass is 238 g/mol. The molecule has 0 radical (unpaired) electrons. The third-order valence-electron chi connectivity index (χ3n) is 2.51. The Hall–Kier alpha value is -1.06. The van der Waals surface area contributed by atoms with Crippen molar-refractivity contribution in [1.82, 2.24) is 9.55 Å². The molecular weight excluding hydrogens is 224 g/mol. The highest BCUT2D eigenvalue weighted by Gasteiger charge is 2.12. The van der Waals surface area contributed by atoms with Crippen molar-refractivity contribution in [2.75, 3.05) is 7.11 Å². The third-order valence-corrected chi connectivity index (χ3v) is 2.75. The average Bonchev–Trinajstić information content (AvgIpc) is 2.55. The van der Waals surface area contributed by atoms with Crippen molar-refractivity contribution in [3.05, 3.63) is 29.0 Å². The van der Waals surface area contributed by atoms with E-state index in [9.17, 15) is 0 Å². The molecule has 0 unspecified atom stereocenters. The van der Waals surface area contributed by atoms with Gasteiger partial charge in [0.15, 0.2) is 0 Å². The maximum Gasteiger partial charge on any atom is 0.136 e. The third kappa shape index (κ3) is 1.93. The number of aromatic nitrogens is 2. The molecule has 1 heterocycles. The molecule has 16 heavy (non-hydrogen) atoms. The van der Waals surface area contributed by atoms with Gasteiger partial charge in [0.1, 0.15) is 12.4 Å². The van der Waals surface area contributed by atoms with E-state index in [0.29, 0.717) is 17.7 Å². The molecule has 0 N–H and O–H groups in total. The van der Waals surface area contributed by atoms with Crippen LogP contribution in [-0.4, -0.2) is 16.7 Å². The van der Waals surface area contributed by atoms with Crippen LogP contribution >= 0.6 is 11.6 Å². The van der Waals surface area contributed by atoms with E-state index >= 15 is 0 Å². The first-order valence-electron chi connectivity index (χ1n) is 5.28. The fourth-order valence-electron chi connectivity index (χ4n) is 1.93. The van der Waals surface area contributed by atoms with Gasteiger partial charge >= 0.3 is 0 Å². The quantitative estimate of drug-likeness (QED) is 0.819. The van der Waals surface area contributed by atoms with Crippen molar-refractivity contribution in [1.29, 1.82) is 0 Å². The van der Waals surface area contributed by atoms with Crippen molar-refractivity contribution in [2.24, 2.45) is 0 Å². The predicted octanol–water partition coefficient (Wildman–Crippen LogP) is 3.42. The normalized spacial score (nSPS) is 11.6. The standard InChI is InChI=1S/C12H15ClN2O/c1-8(2)15-11-5-4-9(13)6-10(11)14-12(15)7-16-3/h4-6,8H,7H2,1-3H3. The first-order chi connectivity index (χ1) is 7.63. The maximum absolute atomic E-state index is 5.96. The summed E-state index contributed by atoms with van der Waals surface area (Å²) >= 11 is 5.96. The SMILES string of the molecule is COCc1nc2cc(Cl)ccc2n1C(C)C. The zero-order valence-electron chi connectivity index (χ0n) is 9.70. The van der Waals surface area contributed by atoms with Crippen LogP contribution in [0.5, 0.6) is 0 Å². The lowest BCUT2D eigenvalue weighted by Gasteiger charge is -2.12. The Morgan fingerprint density at radius 2 is 2.19 bits per heavy atom. The number of hydrogen-bond donors (Lipinski definition) is 0. The number of methoxy groups -OCH3 is 1. The van der Waals surface area contributed by atoms with Gasteiger partial charge in [-0.3, -0.25) is 0 Å². The lowest BCUT2D eigenvalue weighted by atomic mass is 10.3. The van der Waals surface area contributed by atoms with Crippen molar-refractivity contribution in [3.63, 3.8) is 0 Å². The van der Waals surface area contributed by atoms with Crippen LogP contribution in [0, 0.1) is 0 Å². The van der Waals surface area contributed by atoms with Crippen molar-refractivity contribution < 1.29 is 4.74 Å². The second kappa shape index (κ2) is 4.44. The molecule has 0 amide bonds. The smallest absolute Gasteiger partial charge is 0.136 e. The van der Waals surface area contributed by atoms with Gasteiger partial charge < -0.3 is 9.30 Å². The van der Waals surface area contributed by atoms with Gasteiger partial charge in [-0.15, -0.1) is 0 Å². The highest BCUT2D eigenvalue weighted by Crippen LogP contribution is 2.24. The van der Waals surface area contributed by atoms with E-state index in [0.717, 1.165) is 16.9 Å². The summed E-state index contributed by atoms with van der Waals surface area (Å²) < 4.78 is 7.34. The molecular formula is C12H15ClN2O. The molecule has 0 fully saturated rings. The highest BCUT2D eigenvalue weighted by molar-refractivity contribution is 6.31. The molecule has 1 aromatic heterocycles. The Balaban J connectivity index is 2.65. The van der Waals surface area contributed by atoms with Gasteiger partial charge in [-0.1, -0.05) is 11.6 Å². The minimum Gasteiger partial charge on any atom is -0.377 e. The van der Waals surface area contributed by atoms with Crippen LogP contribution < -0.4 is 0 Å². The van der Waals surface area contributed by atoms with E-state index in [1.165, 1.54) is 0 Å². The van der Waals surface area contributed by atoms with Crippen LogP contribution in [0.1, 0.15) is 25.7 Å². The Morgan fingerprint density at radius 3 is 2.81 bits per heavy atom. The molecule has 0 saturated carbocycles. The van der Waals surface area contributed by atoms with E-state index in [2.05, 4.69) is 23.4 Å². The second-order valence-electron chi connectivity index (χ2n) is 4.06. The van der Waals surface area contributed by atoms with Crippen molar-refractivity contribution >= 4 is 22.6 Å². The molecule has 0 bridgehead atoms. The number of rotatable bonds is 3. The van der Waals surface area contributed by atoms with Gasteiger partial charge in [-0.2, -0.15) is 0 Å². The largest absolute Gasteiger partial charge is 0.377 e. The van der Waals surface area contributed by atoms with Crippen LogP contribution in [-0.2, 0) is 11.3 Å². The summed E-state index contributed by atoms with van der Waals surface area (Å²) in [6.07, 6.45) is 0. The van der Waals surface area contributed by atoms with E-state index in [1.807, 2.05) is 18.2 Å². The van der Waals surface area contributed by atoms with Crippen LogP contribution in [0.4, 0.5) is 0 Å². The van der Waals surface area contributed by atoms with E-state index in [4.69, 9.17) is 16.3 Å². The molecule has 4 heteroatoms. The minimum atomic E-state index is 0.358. The number of nitrogens with zero attached hydrogens (tertiary/aromatic N) is 2. The second-order valence-corrected chi connectivity index (χ2v) is 4.49. The number of hydrogen-bond acceptors (Lipinski definition) is 2. The topological polar surface area (TPSA) is 27.1 Å². The van der Waals surface area contributed by atoms with Crippen LogP contribution in [0.15, 0.2) is 18.2 Å². The summed E-state index contributed by atoms with van der Waals surface area (Å²) in [5.74, 6) is 0.940. The molecule has 86 valence electrons. The van der Waals surface area contributed by atoms with Crippen LogP contribution in [0.25, 0.3) is 11.0 Å². The van der Waals surface area contributed by atoms with E-state index in [-0.39, 0.29) is 0 Å². The number of fused-ring (bicyclic) bond motifs is 1. The number of ether oxygens (including phenoxy) is 1. The summed E-state index contributed by atoms with van der Waals surface area (Å²) in [6.45, 7) is 4.79. The highest BCUT2D eigenvalue weighted by atomic mass is 35.5. The maximum atomic E-state index is 5.96. The molecule has 0 atom stereocenters.